The van der Waals surface area contributed by atoms with Crippen molar-refractivity contribution in [3.05, 3.63) is 23.3 Å². The van der Waals surface area contributed by atoms with Crippen molar-refractivity contribution in [3.63, 3.8) is 0 Å². The monoisotopic (exact) mass is 239 g/mol. The smallest absolute Gasteiger partial charge is 0.119 e. The zero-order valence-electron chi connectivity index (χ0n) is 9.66. The van der Waals surface area contributed by atoms with Gasteiger partial charge in [0.25, 0.3) is 0 Å². The lowest BCUT2D eigenvalue weighted by atomic mass is 9.92. The zero-order valence-corrected chi connectivity index (χ0v) is 10.5. The molecule has 0 bridgehead atoms. The van der Waals surface area contributed by atoms with Crippen molar-refractivity contribution in [2.24, 2.45) is 0 Å². The summed E-state index contributed by atoms with van der Waals surface area (Å²) in [5, 5.41) is 0. The fraction of sp³-hybridized carbons (Fsp3) is 0.538. The summed E-state index contributed by atoms with van der Waals surface area (Å²) in [6, 6.07) is 4.44. The Bertz CT molecular complexity index is 361. The number of ether oxygens (including phenoxy) is 1. The number of nitrogens with zero attached hydrogens (tertiary/aromatic N) is 1. The van der Waals surface area contributed by atoms with E-state index in [1.165, 1.54) is 55.6 Å². The van der Waals surface area contributed by atoms with Gasteiger partial charge in [-0.2, -0.15) is 0 Å². The number of benzene rings is 1. The molecular formula is C13H18ClNO. The van der Waals surface area contributed by atoms with Crippen LogP contribution in [-0.2, 0) is 12.8 Å². The highest BCUT2D eigenvalue weighted by atomic mass is 35.5. The van der Waals surface area contributed by atoms with E-state index in [4.69, 9.17) is 4.74 Å². The molecule has 0 radical (unpaired) electrons. The topological polar surface area (TPSA) is 12.5 Å². The van der Waals surface area contributed by atoms with E-state index in [1.807, 2.05) is 0 Å². The van der Waals surface area contributed by atoms with Gasteiger partial charge in [0.05, 0.1) is 7.11 Å². The average molecular weight is 240 g/mol. The van der Waals surface area contributed by atoms with E-state index in [-0.39, 0.29) is 12.4 Å². The first-order valence-electron chi connectivity index (χ1n) is 5.83. The lowest BCUT2D eigenvalue weighted by Gasteiger charge is -2.37. The van der Waals surface area contributed by atoms with Crippen LogP contribution in [-0.4, -0.2) is 20.2 Å². The number of halogens is 1. The summed E-state index contributed by atoms with van der Waals surface area (Å²) < 4.78 is 5.36. The molecule has 0 fully saturated rings. The molecule has 88 valence electrons. The van der Waals surface area contributed by atoms with E-state index < -0.39 is 0 Å². The Morgan fingerprint density at radius 3 is 2.12 bits per heavy atom. The molecule has 0 aliphatic carbocycles. The number of aryl methyl sites for hydroxylation is 2. The van der Waals surface area contributed by atoms with E-state index in [2.05, 4.69) is 17.0 Å². The van der Waals surface area contributed by atoms with E-state index in [9.17, 15) is 0 Å². The number of methoxy groups -OCH3 is 1. The second-order valence-corrected chi connectivity index (χ2v) is 4.49. The van der Waals surface area contributed by atoms with Crippen molar-refractivity contribution >= 4 is 18.1 Å². The minimum Gasteiger partial charge on any atom is -0.497 e. The molecule has 2 nitrogen and oxygen atoms in total. The fourth-order valence-electron chi connectivity index (χ4n) is 2.89. The predicted octanol–water partition coefficient (Wildman–Crippen LogP) is 2.82. The van der Waals surface area contributed by atoms with Crippen LogP contribution in [0.3, 0.4) is 0 Å². The third kappa shape index (κ3) is 1.75. The molecule has 16 heavy (non-hydrogen) atoms. The van der Waals surface area contributed by atoms with Gasteiger partial charge in [0.2, 0.25) is 0 Å². The van der Waals surface area contributed by atoms with Crippen LogP contribution >= 0.6 is 12.4 Å². The maximum atomic E-state index is 5.36. The van der Waals surface area contributed by atoms with Gasteiger partial charge in [-0.05, 0) is 48.9 Å². The largest absolute Gasteiger partial charge is 0.497 e. The van der Waals surface area contributed by atoms with Crippen LogP contribution in [0.15, 0.2) is 12.1 Å². The third-order valence-corrected chi connectivity index (χ3v) is 3.54. The Labute approximate surface area is 103 Å². The molecule has 2 aliphatic heterocycles. The van der Waals surface area contributed by atoms with E-state index in [0.29, 0.717) is 0 Å². The highest BCUT2D eigenvalue weighted by molar-refractivity contribution is 5.85. The Morgan fingerprint density at radius 2 is 1.62 bits per heavy atom. The Kier molecular flexibility index (Phi) is 3.29. The predicted molar refractivity (Wildman–Crippen MR) is 69.1 cm³/mol. The summed E-state index contributed by atoms with van der Waals surface area (Å²) >= 11 is 0. The van der Waals surface area contributed by atoms with Crippen molar-refractivity contribution in [1.82, 2.24) is 0 Å². The van der Waals surface area contributed by atoms with E-state index in [1.54, 1.807) is 7.11 Å². The first kappa shape index (κ1) is 11.6. The molecule has 3 rings (SSSR count). The molecule has 0 unspecified atom stereocenters. The minimum absolute atomic E-state index is 0. The van der Waals surface area contributed by atoms with Crippen molar-refractivity contribution in [3.8, 4) is 5.75 Å². The highest BCUT2D eigenvalue weighted by Gasteiger charge is 2.24. The van der Waals surface area contributed by atoms with Gasteiger partial charge in [-0.1, -0.05) is 0 Å². The summed E-state index contributed by atoms with van der Waals surface area (Å²) in [4.78, 5) is 2.55. The molecule has 0 atom stereocenters. The summed E-state index contributed by atoms with van der Waals surface area (Å²) in [6.07, 6.45) is 5.02. The summed E-state index contributed by atoms with van der Waals surface area (Å²) in [5.74, 6) is 1.03. The first-order chi connectivity index (χ1) is 7.38. The van der Waals surface area contributed by atoms with Gasteiger partial charge < -0.3 is 9.64 Å². The second-order valence-electron chi connectivity index (χ2n) is 4.49. The third-order valence-electron chi connectivity index (χ3n) is 3.54. The molecule has 3 heteroatoms. The number of hydrogen-bond acceptors (Lipinski definition) is 2. The number of rotatable bonds is 1. The maximum Gasteiger partial charge on any atom is 0.119 e. The summed E-state index contributed by atoms with van der Waals surface area (Å²) in [7, 11) is 1.76. The number of anilines is 1. The molecular weight excluding hydrogens is 222 g/mol. The fourth-order valence-corrected chi connectivity index (χ4v) is 2.89. The second kappa shape index (κ2) is 4.54. The van der Waals surface area contributed by atoms with Crippen LogP contribution in [0.5, 0.6) is 5.75 Å². The zero-order chi connectivity index (χ0) is 10.3. The van der Waals surface area contributed by atoms with Crippen molar-refractivity contribution in [2.45, 2.75) is 25.7 Å². The standard InChI is InChI=1S/C13H17NO.ClH/c1-15-12-8-10-4-2-6-14-7-3-5-11(9-12)13(10)14;/h8-9H,2-7H2,1H3;1H. The molecule has 2 heterocycles. The van der Waals surface area contributed by atoms with Crippen molar-refractivity contribution in [2.75, 3.05) is 25.1 Å². The van der Waals surface area contributed by atoms with Crippen LogP contribution in [0.25, 0.3) is 0 Å². The maximum absolute atomic E-state index is 5.36. The van der Waals surface area contributed by atoms with Crippen LogP contribution in [0.1, 0.15) is 24.0 Å². The molecule has 1 aromatic carbocycles. The molecule has 0 aromatic heterocycles. The van der Waals surface area contributed by atoms with Crippen LogP contribution < -0.4 is 9.64 Å². The highest BCUT2D eigenvalue weighted by Crippen LogP contribution is 2.37. The lowest BCUT2D eigenvalue weighted by molar-refractivity contribution is 0.413. The molecule has 0 saturated heterocycles. The van der Waals surface area contributed by atoms with Gasteiger partial charge in [0, 0.05) is 18.8 Å². The van der Waals surface area contributed by atoms with Crippen LogP contribution in [0, 0.1) is 0 Å². The molecule has 2 aliphatic rings. The molecule has 0 amide bonds. The number of hydrogen-bond donors (Lipinski definition) is 0. The van der Waals surface area contributed by atoms with E-state index >= 15 is 0 Å². The average Bonchev–Trinajstić information content (AvgIpc) is 2.29. The van der Waals surface area contributed by atoms with Gasteiger partial charge >= 0.3 is 0 Å². The van der Waals surface area contributed by atoms with Gasteiger partial charge in [0.15, 0.2) is 0 Å². The van der Waals surface area contributed by atoms with Crippen molar-refractivity contribution in [1.29, 1.82) is 0 Å². The van der Waals surface area contributed by atoms with E-state index in [0.717, 1.165) is 5.75 Å². The molecule has 0 spiro atoms. The Morgan fingerprint density at radius 1 is 1.06 bits per heavy atom. The Hall–Kier alpha value is -0.890. The lowest BCUT2D eigenvalue weighted by Crippen LogP contribution is -2.34. The quantitative estimate of drug-likeness (QED) is 0.747. The van der Waals surface area contributed by atoms with Gasteiger partial charge in [-0.15, -0.1) is 12.4 Å². The normalized spacial score (nSPS) is 17.4. The van der Waals surface area contributed by atoms with Crippen LogP contribution in [0.2, 0.25) is 0 Å². The minimum atomic E-state index is 0. The summed E-state index contributed by atoms with van der Waals surface area (Å²) in [5.41, 5.74) is 4.51. The first-order valence-corrected chi connectivity index (χ1v) is 5.83. The molecule has 1 aromatic rings. The molecule has 0 N–H and O–H groups in total. The van der Waals surface area contributed by atoms with Crippen molar-refractivity contribution < 1.29 is 4.74 Å². The molecule has 0 saturated carbocycles. The van der Waals surface area contributed by atoms with Gasteiger partial charge in [-0.25, -0.2) is 0 Å². The van der Waals surface area contributed by atoms with Crippen LogP contribution in [0.4, 0.5) is 5.69 Å². The summed E-state index contributed by atoms with van der Waals surface area (Å²) in [6.45, 7) is 2.48. The van der Waals surface area contributed by atoms with Gasteiger partial charge in [-0.3, -0.25) is 0 Å². The SMILES string of the molecule is COc1cc2c3c(c1)CCCN3CCC2.Cl. The Balaban J connectivity index is 0.000000963. The van der Waals surface area contributed by atoms with Gasteiger partial charge in [0.1, 0.15) is 5.75 Å².